The van der Waals surface area contributed by atoms with Crippen LogP contribution in [0.2, 0.25) is 0 Å². The van der Waals surface area contributed by atoms with Gasteiger partial charge < -0.3 is 5.32 Å². The highest BCUT2D eigenvalue weighted by atomic mass is 32.2. The largest absolute Gasteiger partial charge is 0.325 e. The van der Waals surface area contributed by atoms with Gasteiger partial charge in [0.15, 0.2) is 0 Å². The monoisotopic (exact) mass is 382 g/mol. The van der Waals surface area contributed by atoms with Crippen LogP contribution in [0.1, 0.15) is 13.3 Å². The lowest BCUT2D eigenvalue weighted by atomic mass is 10.3. The second-order valence-corrected chi connectivity index (χ2v) is 7.97. The number of halogens is 1. The van der Waals surface area contributed by atoms with Crippen LogP contribution in [0.25, 0.3) is 0 Å². The van der Waals surface area contributed by atoms with Gasteiger partial charge in [-0.05, 0) is 42.8 Å². The molecule has 1 amide bonds. The first-order valence-corrected chi connectivity index (χ1v) is 10.2. The van der Waals surface area contributed by atoms with Gasteiger partial charge in [-0.2, -0.15) is 0 Å². The molecule has 0 fully saturated rings. The maximum atomic E-state index is 13.5. The molecular weight excluding hydrogens is 363 g/mol. The lowest BCUT2D eigenvalue weighted by Gasteiger charge is -2.08. The Balaban J connectivity index is 1.92. The van der Waals surface area contributed by atoms with Crippen LogP contribution in [-0.4, -0.2) is 26.6 Å². The number of benzene rings is 2. The molecule has 0 spiro atoms. The van der Waals surface area contributed by atoms with E-state index in [0.29, 0.717) is 23.5 Å². The highest BCUT2D eigenvalue weighted by Gasteiger charge is 2.13. The zero-order valence-electron chi connectivity index (χ0n) is 13.7. The lowest BCUT2D eigenvalue weighted by molar-refractivity contribution is -0.113. The molecule has 0 aliphatic heterocycles. The molecule has 0 saturated carbocycles. The van der Waals surface area contributed by atoms with Crippen molar-refractivity contribution in [2.45, 2.75) is 23.1 Å². The third-order valence-corrected chi connectivity index (χ3v) is 5.71. The average Bonchev–Trinajstić information content (AvgIpc) is 2.60. The normalized spacial score (nSPS) is 11.3. The number of sulfonamides is 1. The van der Waals surface area contributed by atoms with E-state index in [9.17, 15) is 17.6 Å². The Labute approximate surface area is 151 Å². The smallest absolute Gasteiger partial charge is 0.240 e. The number of rotatable bonds is 8. The standard InChI is InChI=1S/C17H19FN2O3S2/c1-2-11-19-25(22,23)14-9-7-13(8-10-14)20-17(21)12-24-16-6-4-3-5-15(16)18/h3-10,19H,2,11-12H2,1H3,(H,20,21). The van der Waals surface area contributed by atoms with Crippen molar-refractivity contribution >= 4 is 33.4 Å². The van der Waals surface area contributed by atoms with E-state index in [1.54, 1.807) is 18.2 Å². The van der Waals surface area contributed by atoms with Gasteiger partial charge in [0, 0.05) is 17.1 Å². The molecule has 0 aliphatic carbocycles. The van der Waals surface area contributed by atoms with Gasteiger partial charge in [0.2, 0.25) is 15.9 Å². The van der Waals surface area contributed by atoms with E-state index in [0.717, 1.165) is 11.8 Å². The van der Waals surface area contributed by atoms with Crippen molar-refractivity contribution in [2.75, 3.05) is 17.6 Å². The summed E-state index contributed by atoms with van der Waals surface area (Å²) in [6.45, 7) is 2.24. The van der Waals surface area contributed by atoms with E-state index in [1.807, 2.05) is 6.92 Å². The Morgan fingerprint density at radius 3 is 2.44 bits per heavy atom. The highest BCUT2D eigenvalue weighted by molar-refractivity contribution is 8.00. The molecule has 0 aromatic heterocycles. The van der Waals surface area contributed by atoms with E-state index in [-0.39, 0.29) is 22.4 Å². The molecule has 0 saturated heterocycles. The van der Waals surface area contributed by atoms with Crippen LogP contribution in [0, 0.1) is 5.82 Å². The fourth-order valence-corrected chi connectivity index (χ4v) is 3.81. The van der Waals surface area contributed by atoms with Crippen LogP contribution in [0.4, 0.5) is 10.1 Å². The Morgan fingerprint density at radius 1 is 1.12 bits per heavy atom. The van der Waals surface area contributed by atoms with Gasteiger partial charge in [-0.15, -0.1) is 11.8 Å². The molecule has 0 atom stereocenters. The number of carbonyl (C=O) groups excluding carboxylic acids is 1. The number of anilines is 1. The van der Waals surface area contributed by atoms with Crippen LogP contribution in [0.15, 0.2) is 58.3 Å². The Bertz CT molecular complexity index is 824. The molecule has 0 bridgehead atoms. The van der Waals surface area contributed by atoms with Crippen LogP contribution in [0.3, 0.4) is 0 Å². The summed E-state index contributed by atoms with van der Waals surface area (Å²) >= 11 is 1.10. The summed E-state index contributed by atoms with van der Waals surface area (Å²) in [5.41, 5.74) is 0.480. The predicted octanol–water partition coefficient (Wildman–Crippen LogP) is 3.24. The third-order valence-electron chi connectivity index (χ3n) is 3.19. The maximum absolute atomic E-state index is 13.5. The molecule has 8 heteroatoms. The fourth-order valence-electron chi connectivity index (χ4n) is 1.94. The minimum absolute atomic E-state index is 0.0546. The second kappa shape index (κ2) is 8.98. The number of hydrogen-bond donors (Lipinski definition) is 2. The molecule has 0 heterocycles. The molecule has 0 radical (unpaired) electrons. The number of hydrogen-bond acceptors (Lipinski definition) is 4. The van der Waals surface area contributed by atoms with Crippen molar-refractivity contribution in [3.8, 4) is 0 Å². The van der Waals surface area contributed by atoms with Gasteiger partial charge >= 0.3 is 0 Å². The van der Waals surface area contributed by atoms with Crippen LogP contribution in [-0.2, 0) is 14.8 Å². The van der Waals surface area contributed by atoms with E-state index in [1.165, 1.54) is 30.3 Å². The summed E-state index contributed by atoms with van der Waals surface area (Å²) < 4.78 is 39.9. The van der Waals surface area contributed by atoms with Gasteiger partial charge in [0.1, 0.15) is 5.82 Å². The van der Waals surface area contributed by atoms with Crippen LogP contribution < -0.4 is 10.0 Å². The molecule has 134 valence electrons. The zero-order valence-corrected chi connectivity index (χ0v) is 15.3. The number of amides is 1. The summed E-state index contributed by atoms with van der Waals surface area (Å²) in [6, 6.07) is 12.1. The second-order valence-electron chi connectivity index (χ2n) is 5.19. The quantitative estimate of drug-likeness (QED) is 0.687. The summed E-state index contributed by atoms with van der Waals surface area (Å²) in [7, 11) is -3.53. The molecule has 25 heavy (non-hydrogen) atoms. The highest BCUT2D eigenvalue weighted by Crippen LogP contribution is 2.21. The average molecular weight is 382 g/mol. The zero-order chi connectivity index (χ0) is 18.3. The number of nitrogens with one attached hydrogen (secondary N) is 2. The first-order chi connectivity index (χ1) is 11.9. The summed E-state index contributed by atoms with van der Waals surface area (Å²) in [4.78, 5) is 12.5. The Hall–Kier alpha value is -1.90. The van der Waals surface area contributed by atoms with Gasteiger partial charge in [0.25, 0.3) is 0 Å². The van der Waals surface area contributed by atoms with E-state index >= 15 is 0 Å². The lowest BCUT2D eigenvalue weighted by Crippen LogP contribution is -2.24. The maximum Gasteiger partial charge on any atom is 0.240 e. The molecular formula is C17H19FN2O3S2. The number of carbonyl (C=O) groups is 1. The predicted molar refractivity (Wildman–Crippen MR) is 97.7 cm³/mol. The van der Waals surface area contributed by atoms with Gasteiger partial charge in [-0.1, -0.05) is 19.1 Å². The van der Waals surface area contributed by atoms with E-state index in [2.05, 4.69) is 10.0 Å². The van der Waals surface area contributed by atoms with E-state index in [4.69, 9.17) is 0 Å². The topological polar surface area (TPSA) is 75.3 Å². The van der Waals surface area contributed by atoms with Crippen molar-refractivity contribution in [3.05, 3.63) is 54.3 Å². The van der Waals surface area contributed by atoms with Crippen molar-refractivity contribution in [1.82, 2.24) is 4.72 Å². The summed E-state index contributed by atoms with van der Waals surface area (Å²) in [5.74, 6) is -0.610. The molecule has 0 unspecified atom stereocenters. The molecule has 0 aliphatic rings. The van der Waals surface area contributed by atoms with E-state index < -0.39 is 10.0 Å². The third kappa shape index (κ3) is 5.84. The fraction of sp³-hybridized carbons (Fsp3) is 0.235. The molecule has 2 N–H and O–H groups in total. The Kier molecular flexibility index (Phi) is 6.98. The van der Waals surface area contributed by atoms with Crippen LogP contribution in [0.5, 0.6) is 0 Å². The minimum atomic E-state index is -3.53. The molecule has 2 aromatic rings. The Morgan fingerprint density at radius 2 is 1.80 bits per heavy atom. The van der Waals surface area contributed by atoms with Gasteiger partial charge in [-0.3, -0.25) is 4.79 Å². The first kappa shape index (κ1) is 19.4. The molecule has 2 rings (SSSR count). The molecule has 2 aromatic carbocycles. The van der Waals surface area contributed by atoms with Gasteiger partial charge in [-0.25, -0.2) is 17.5 Å². The van der Waals surface area contributed by atoms with Gasteiger partial charge in [0.05, 0.1) is 10.6 Å². The first-order valence-electron chi connectivity index (χ1n) is 7.69. The molecule has 5 nitrogen and oxygen atoms in total. The van der Waals surface area contributed by atoms with Crippen LogP contribution >= 0.6 is 11.8 Å². The summed E-state index contributed by atoms with van der Waals surface area (Å²) in [5, 5.41) is 2.66. The minimum Gasteiger partial charge on any atom is -0.325 e. The van der Waals surface area contributed by atoms with Crippen molar-refractivity contribution in [1.29, 1.82) is 0 Å². The number of thioether (sulfide) groups is 1. The summed E-state index contributed by atoms with van der Waals surface area (Å²) in [6.07, 6.45) is 0.701. The van der Waals surface area contributed by atoms with Crippen molar-refractivity contribution in [3.63, 3.8) is 0 Å². The van der Waals surface area contributed by atoms with Crippen molar-refractivity contribution < 1.29 is 17.6 Å². The SMILES string of the molecule is CCCNS(=O)(=O)c1ccc(NC(=O)CSc2ccccc2F)cc1. The van der Waals surface area contributed by atoms with Crippen molar-refractivity contribution in [2.24, 2.45) is 0 Å².